The molecule has 128 valence electrons. The third-order valence-electron chi connectivity index (χ3n) is 3.72. The number of piperidine rings is 1. The van der Waals surface area contributed by atoms with E-state index in [1.165, 1.54) is 4.90 Å². The van der Waals surface area contributed by atoms with Gasteiger partial charge in [0.15, 0.2) is 6.61 Å². The Bertz CT molecular complexity index is 563. The Morgan fingerprint density at radius 3 is 2.74 bits per heavy atom. The third-order valence-corrected chi connectivity index (χ3v) is 3.72. The summed E-state index contributed by atoms with van der Waals surface area (Å²) in [6.07, 6.45) is -0.559. The highest BCUT2D eigenvalue weighted by Crippen LogP contribution is 2.28. The molecule has 1 aliphatic heterocycles. The molecule has 1 fully saturated rings. The number of hydrogen-bond acceptors (Lipinski definition) is 4. The summed E-state index contributed by atoms with van der Waals surface area (Å²) in [5, 5.41) is 16.1. The Hall–Kier alpha value is -2.03. The molecule has 1 aromatic heterocycles. The number of nitrogens with zero attached hydrogens (tertiary/aromatic N) is 2. The number of aromatic amines is 1. The molecule has 9 heteroatoms. The van der Waals surface area contributed by atoms with Crippen LogP contribution in [-0.2, 0) is 0 Å². The lowest BCUT2D eigenvalue weighted by molar-refractivity contribution is -0.154. The van der Waals surface area contributed by atoms with Gasteiger partial charge in [0.1, 0.15) is 5.56 Å². The van der Waals surface area contributed by atoms with E-state index >= 15 is 0 Å². The monoisotopic (exact) mass is 333 g/mol. The topological polar surface area (TPSA) is 78.5 Å². The van der Waals surface area contributed by atoms with E-state index in [0.717, 1.165) is 6.20 Å². The molecule has 1 saturated heterocycles. The van der Waals surface area contributed by atoms with Crippen molar-refractivity contribution in [2.75, 3.05) is 19.7 Å². The van der Waals surface area contributed by atoms with Crippen molar-refractivity contribution in [3.63, 3.8) is 0 Å². The van der Waals surface area contributed by atoms with Crippen molar-refractivity contribution in [1.82, 2.24) is 15.1 Å². The highest BCUT2D eigenvalue weighted by atomic mass is 19.4. The summed E-state index contributed by atoms with van der Waals surface area (Å²) in [5.74, 6) is -0.782. The summed E-state index contributed by atoms with van der Waals surface area (Å²) >= 11 is 0. The first-order valence-corrected chi connectivity index (χ1v) is 7.09. The fraction of sp³-hybridized carbons (Fsp3) is 0.571. The minimum Gasteiger partial charge on any atom is -0.468 e. The van der Waals surface area contributed by atoms with Gasteiger partial charge in [0.25, 0.3) is 5.91 Å². The van der Waals surface area contributed by atoms with Gasteiger partial charge in [-0.3, -0.25) is 4.79 Å². The largest absolute Gasteiger partial charge is 0.468 e. The standard InChI is InChI=1S/C14H18F3N3O3/c1-2-3-13(22)4-6-20(7-5-13)12(21)10-8-18-19-11(10)23-9-14(15,16)17/h2,8,22H,1,3-7,9H2,(H,18,19). The van der Waals surface area contributed by atoms with Gasteiger partial charge < -0.3 is 14.7 Å². The highest BCUT2D eigenvalue weighted by Gasteiger charge is 2.35. The zero-order valence-electron chi connectivity index (χ0n) is 12.4. The maximum Gasteiger partial charge on any atom is 0.422 e. The van der Waals surface area contributed by atoms with Crippen molar-refractivity contribution in [3.05, 3.63) is 24.4 Å². The number of aliphatic hydroxyl groups is 1. The van der Waals surface area contributed by atoms with Gasteiger partial charge in [-0.15, -0.1) is 6.58 Å². The molecule has 0 radical (unpaired) electrons. The van der Waals surface area contributed by atoms with E-state index in [-0.39, 0.29) is 11.4 Å². The van der Waals surface area contributed by atoms with Gasteiger partial charge in [-0.2, -0.15) is 18.3 Å². The molecule has 0 unspecified atom stereocenters. The summed E-state index contributed by atoms with van der Waals surface area (Å²) in [6.45, 7) is 2.68. The first-order valence-electron chi connectivity index (χ1n) is 7.09. The summed E-state index contributed by atoms with van der Waals surface area (Å²) in [5.41, 5.74) is -0.937. The summed E-state index contributed by atoms with van der Waals surface area (Å²) in [4.78, 5) is 13.8. The number of alkyl halides is 3. The van der Waals surface area contributed by atoms with Gasteiger partial charge in [0, 0.05) is 13.1 Å². The molecular weight excluding hydrogens is 315 g/mol. The van der Waals surface area contributed by atoms with Crippen molar-refractivity contribution < 1.29 is 27.8 Å². The number of nitrogens with one attached hydrogen (secondary N) is 1. The zero-order valence-corrected chi connectivity index (χ0v) is 12.4. The van der Waals surface area contributed by atoms with E-state index in [4.69, 9.17) is 0 Å². The second-order valence-electron chi connectivity index (χ2n) is 5.53. The van der Waals surface area contributed by atoms with Crippen LogP contribution in [0, 0.1) is 0 Å². The number of rotatable bonds is 5. The van der Waals surface area contributed by atoms with Crippen LogP contribution in [0.4, 0.5) is 13.2 Å². The predicted molar refractivity (Wildman–Crippen MR) is 75.0 cm³/mol. The van der Waals surface area contributed by atoms with Crippen LogP contribution in [0.3, 0.4) is 0 Å². The van der Waals surface area contributed by atoms with E-state index in [9.17, 15) is 23.1 Å². The molecule has 2 rings (SSSR count). The van der Waals surface area contributed by atoms with Crippen molar-refractivity contribution >= 4 is 5.91 Å². The number of carbonyl (C=O) groups excluding carboxylic acids is 1. The van der Waals surface area contributed by atoms with Crippen molar-refractivity contribution in [3.8, 4) is 5.88 Å². The van der Waals surface area contributed by atoms with E-state index in [1.807, 2.05) is 0 Å². The third kappa shape index (κ3) is 4.47. The quantitative estimate of drug-likeness (QED) is 0.807. The lowest BCUT2D eigenvalue weighted by Crippen LogP contribution is -2.46. The average molecular weight is 333 g/mol. The minimum atomic E-state index is -4.50. The van der Waals surface area contributed by atoms with Crippen LogP contribution in [0.2, 0.25) is 0 Å². The number of carbonyl (C=O) groups is 1. The van der Waals surface area contributed by atoms with Crippen LogP contribution in [0.25, 0.3) is 0 Å². The molecule has 0 atom stereocenters. The molecule has 6 nitrogen and oxygen atoms in total. The maximum atomic E-state index is 12.4. The molecule has 0 spiro atoms. The Morgan fingerprint density at radius 2 is 2.17 bits per heavy atom. The average Bonchev–Trinajstić information content (AvgIpc) is 2.93. The summed E-state index contributed by atoms with van der Waals surface area (Å²) in [7, 11) is 0. The Kier molecular flexibility index (Phi) is 4.98. The van der Waals surface area contributed by atoms with Crippen LogP contribution < -0.4 is 4.74 Å². The predicted octanol–water partition coefficient (Wildman–Crippen LogP) is 1.89. The molecule has 2 N–H and O–H groups in total. The molecule has 1 aliphatic rings. The summed E-state index contributed by atoms with van der Waals surface area (Å²) < 4.78 is 41.2. The van der Waals surface area contributed by atoms with Gasteiger partial charge in [-0.05, 0) is 19.3 Å². The molecule has 0 bridgehead atoms. The SMILES string of the molecule is C=CCC1(O)CCN(C(=O)c2cn[nH]c2OCC(F)(F)F)CC1. The Morgan fingerprint density at radius 1 is 1.52 bits per heavy atom. The number of H-pyrrole nitrogens is 1. The van der Waals surface area contributed by atoms with Crippen molar-refractivity contribution in [2.45, 2.75) is 31.0 Å². The smallest absolute Gasteiger partial charge is 0.422 e. The zero-order chi connectivity index (χ0) is 17.1. The van der Waals surface area contributed by atoms with Gasteiger partial charge in [-0.25, -0.2) is 5.10 Å². The molecule has 1 aromatic rings. The lowest BCUT2D eigenvalue weighted by atomic mass is 9.88. The number of ether oxygens (including phenoxy) is 1. The normalized spacial score (nSPS) is 17.8. The Balaban J connectivity index is 1.99. The van der Waals surface area contributed by atoms with Crippen LogP contribution in [0.15, 0.2) is 18.9 Å². The van der Waals surface area contributed by atoms with E-state index in [1.54, 1.807) is 6.08 Å². The number of halogens is 3. The van der Waals surface area contributed by atoms with Crippen molar-refractivity contribution in [2.24, 2.45) is 0 Å². The highest BCUT2D eigenvalue weighted by molar-refractivity contribution is 5.96. The minimum absolute atomic E-state index is 0.0524. The van der Waals surface area contributed by atoms with Gasteiger partial charge >= 0.3 is 6.18 Å². The number of likely N-dealkylation sites (tertiary alicyclic amines) is 1. The maximum absolute atomic E-state index is 12.4. The Labute approximate surface area is 130 Å². The van der Waals surface area contributed by atoms with E-state index < -0.39 is 24.3 Å². The first-order chi connectivity index (χ1) is 10.7. The van der Waals surface area contributed by atoms with Gasteiger partial charge in [-0.1, -0.05) is 6.08 Å². The molecular formula is C14H18F3N3O3. The number of aromatic nitrogens is 2. The van der Waals surface area contributed by atoms with Crippen LogP contribution in [-0.4, -0.2) is 57.6 Å². The summed E-state index contributed by atoms with van der Waals surface area (Å²) in [6, 6.07) is 0. The van der Waals surface area contributed by atoms with E-state index in [2.05, 4.69) is 21.5 Å². The van der Waals surface area contributed by atoms with Crippen LogP contribution >= 0.6 is 0 Å². The molecule has 0 aliphatic carbocycles. The molecule has 23 heavy (non-hydrogen) atoms. The lowest BCUT2D eigenvalue weighted by Gasteiger charge is -2.37. The van der Waals surface area contributed by atoms with Crippen LogP contribution in [0.5, 0.6) is 5.88 Å². The number of hydrogen-bond donors (Lipinski definition) is 2. The second-order valence-corrected chi connectivity index (χ2v) is 5.53. The molecule has 2 heterocycles. The van der Waals surface area contributed by atoms with Crippen LogP contribution in [0.1, 0.15) is 29.6 Å². The fourth-order valence-corrected chi connectivity index (χ4v) is 2.46. The second kappa shape index (κ2) is 6.61. The fourth-order valence-electron chi connectivity index (χ4n) is 2.46. The molecule has 1 amide bonds. The molecule has 0 aromatic carbocycles. The van der Waals surface area contributed by atoms with Crippen molar-refractivity contribution in [1.29, 1.82) is 0 Å². The van der Waals surface area contributed by atoms with Gasteiger partial charge in [0.2, 0.25) is 5.88 Å². The first kappa shape index (κ1) is 17.3. The van der Waals surface area contributed by atoms with E-state index in [0.29, 0.717) is 32.4 Å². The van der Waals surface area contributed by atoms with Gasteiger partial charge in [0.05, 0.1) is 11.8 Å². The number of amides is 1. The molecule has 0 saturated carbocycles.